The molecule has 0 bridgehead atoms. The van der Waals surface area contributed by atoms with E-state index in [1.807, 2.05) is 4.90 Å². The number of ether oxygens (including phenoxy) is 2. The van der Waals surface area contributed by atoms with Gasteiger partial charge in [-0.25, -0.2) is 4.98 Å². The van der Waals surface area contributed by atoms with E-state index in [1.165, 1.54) is 6.07 Å². The van der Waals surface area contributed by atoms with E-state index in [4.69, 9.17) is 9.47 Å². The average Bonchev–Trinajstić information content (AvgIpc) is 2.97. The van der Waals surface area contributed by atoms with E-state index in [0.717, 1.165) is 30.8 Å². The summed E-state index contributed by atoms with van der Waals surface area (Å²) >= 11 is 0. The van der Waals surface area contributed by atoms with Crippen molar-refractivity contribution in [2.75, 3.05) is 37.9 Å². The zero-order valence-corrected chi connectivity index (χ0v) is 15.1. The monoisotopic (exact) mass is 395 g/mol. The highest BCUT2D eigenvalue weighted by molar-refractivity contribution is 5.51. The van der Waals surface area contributed by atoms with Crippen LogP contribution in [0.5, 0.6) is 17.2 Å². The third-order valence-corrected chi connectivity index (χ3v) is 4.96. The maximum atomic E-state index is 12.7. The fraction of sp³-hybridized carbons (Fsp3) is 0.421. The number of pyridine rings is 1. The Morgan fingerprint density at radius 2 is 1.82 bits per heavy atom. The Hall–Kier alpha value is -2.68. The molecule has 1 saturated heterocycles. The lowest BCUT2D eigenvalue weighted by Gasteiger charge is -2.23. The number of halogens is 3. The molecule has 1 aromatic heterocycles. The Kier molecular flexibility index (Phi) is 4.92. The standard InChI is InChI=1S/C19H20F3N3O3/c20-19(21,22)14-2-3-18(23-10-14)25-5-1-4-24(6-7-25)11-13-8-16-17(9-15(13)26)28-12-27-16/h2-3,8-10,26H,1,4-7,11-12H2. The van der Waals surface area contributed by atoms with Gasteiger partial charge in [0.15, 0.2) is 11.5 Å². The first-order valence-corrected chi connectivity index (χ1v) is 9.02. The minimum atomic E-state index is -4.38. The molecule has 9 heteroatoms. The minimum absolute atomic E-state index is 0.150. The van der Waals surface area contributed by atoms with Crippen LogP contribution in [0.2, 0.25) is 0 Å². The van der Waals surface area contributed by atoms with Gasteiger partial charge in [-0.15, -0.1) is 0 Å². The minimum Gasteiger partial charge on any atom is -0.507 e. The second kappa shape index (κ2) is 7.38. The van der Waals surface area contributed by atoms with E-state index in [2.05, 4.69) is 9.88 Å². The lowest BCUT2D eigenvalue weighted by Crippen LogP contribution is -2.31. The SMILES string of the molecule is Oc1cc2c(cc1CN1CCCN(c3ccc(C(F)(F)F)cn3)CC1)OCO2. The molecule has 0 atom stereocenters. The van der Waals surface area contributed by atoms with Crippen molar-refractivity contribution in [3.63, 3.8) is 0 Å². The highest BCUT2D eigenvalue weighted by atomic mass is 19.4. The van der Waals surface area contributed by atoms with Crippen molar-refractivity contribution in [1.82, 2.24) is 9.88 Å². The molecule has 1 aromatic carbocycles. The van der Waals surface area contributed by atoms with Gasteiger partial charge < -0.3 is 19.5 Å². The molecule has 0 saturated carbocycles. The van der Waals surface area contributed by atoms with Crippen LogP contribution in [-0.4, -0.2) is 48.0 Å². The van der Waals surface area contributed by atoms with Gasteiger partial charge in [0.1, 0.15) is 11.6 Å². The van der Waals surface area contributed by atoms with E-state index in [1.54, 1.807) is 12.1 Å². The van der Waals surface area contributed by atoms with Gasteiger partial charge >= 0.3 is 6.18 Å². The Balaban J connectivity index is 1.40. The summed E-state index contributed by atoms with van der Waals surface area (Å²) in [7, 11) is 0. The van der Waals surface area contributed by atoms with Crippen LogP contribution in [0.15, 0.2) is 30.5 Å². The van der Waals surface area contributed by atoms with Crippen molar-refractivity contribution < 1.29 is 27.8 Å². The second-order valence-electron chi connectivity index (χ2n) is 6.85. The van der Waals surface area contributed by atoms with Gasteiger partial charge in [-0.3, -0.25) is 4.90 Å². The summed E-state index contributed by atoms with van der Waals surface area (Å²) in [6.07, 6.45) is -2.66. The predicted molar refractivity (Wildman–Crippen MR) is 95.6 cm³/mol. The van der Waals surface area contributed by atoms with Gasteiger partial charge in [0.05, 0.1) is 5.56 Å². The molecule has 3 heterocycles. The normalized spacial score (nSPS) is 17.6. The third kappa shape index (κ3) is 3.94. The number of hydrogen-bond donors (Lipinski definition) is 1. The number of phenols is 1. The molecule has 6 nitrogen and oxygen atoms in total. The van der Waals surface area contributed by atoms with Crippen LogP contribution in [0.1, 0.15) is 17.5 Å². The Morgan fingerprint density at radius 1 is 1.04 bits per heavy atom. The lowest BCUT2D eigenvalue weighted by atomic mass is 10.1. The van der Waals surface area contributed by atoms with Crippen molar-refractivity contribution in [3.8, 4) is 17.2 Å². The number of benzene rings is 1. The first-order chi connectivity index (χ1) is 13.4. The van der Waals surface area contributed by atoms with Crippen LogP contribution in [0.25, 0.3) is 0 Å². The number of rotatable bonds is 3. The molecular formula is C19H20F3N3O3. The number of phenolic OH excluding ortho intramolecular Hbond substituents is 1. The van der Waals surface area contributed by atoms with Crippen molar-refractivity contribution in [3.05, 3.63) is 41.6 Å². The number of anilines is 1. The van der Waals surface area contributed by atoms with Gasteiger partial charge in [0.25, 0.3) is 0 Å². The summed E-state index contributed by atoms with van der Waals surface area (Å²) in [5, 5.41) is 10.2. The number of aromatic hydroxyl groups is 1. The van der Waals surface area contributed by atoms with Crippen molar-refractivity contribution in [1.29, 1.82) is 0 Å². The fourth-order valence-corrected chi connectivity index (χ4v) is 3.44. The van der Waals surface area contributed by atoms with Crippen LogP contribution >= 0.6 is 0 Å². The van der Waals surface area contributed by atoms with Crippen molar-refractivity contribution in [2.24, 2.45) is 0 Å². The van der Waals surface area contributed by atoms with Crippen LogP contribution < -0.4 is 14.4 Å². The molecule has 0 amide bonds. The summed E-state index contributed by atoms with van der Waals surface area (Å²) < 4.78 is 48.7. The number of nitrogens with zero attached hydrogens (tertiary/aromatic N) is 3. The highest BCUT2D eigenvalue weighted by Crippen LogP contribution is 2.38. The van der Waals surface area contributed by atoms with Crippen LogP contribution in [0.4, 0.5) is 19.0 Å². The Labute approximate surface area is 160 Å². The Bertz CT molecular complexity index is 843. The van der Waals surface area contributed by atoms with E-state index < -0.39 is 11.7 Å². The third-order valence-electron chi connectivity index (χ3n) is 4.96. The first-order valence-electron chi connectivity index (χ1n) is 9.02. The zero-order valence-electron chi connectivity index (χ0n) is 15.1. The maximum Gasteiger partial charge on any atom is 0.417 e. The summed E-state index contributed by atoms with van der Waals surface area (Å²) in [4.78, 5) is 8.17. The summed E-state index contributed by atoms with van der Waals surface area (Å²) in [5.41, 5.74) is 0.0105. The number of aromatic nitrogens is 1. The highest BCUT2D eigenvalue weighted by Gasteiger charge is 2.31. The molecule has 150 valence electrons. The van der Waals surface area contributed by atoms with Gasteiger partial charge in [-0.2, -0.15) is 13.2 Å². The molecule has 1 N–H and O–H groups in total. The molecule has 0 radical (unpaired) electrons. The van der Waals surface area contributed by atoms with Crippen LogP contribution in [0, 0.1) is 0 Å². The molecule has 2 aliphatic rings. The second-order valence-corrected chi connectivity index (χ2v) is 6.85. The van der Waals surface area contributed by atoms with Gasteiger partial charge in [-0.1, -0.05) is 0 Å². The molecule has 2 aromatic rings. The quantitative estimate of drug-likeness (QED) is 0.861. The van der Waals surface area contributed by atoms with E-state index >= 15 is 0 Å². The predicted octanol–water partition coefficient (Wildman–Crippen LogP) is 3.25. The largest absolute Gasteiger partial charge is 0.507 e. The zero-order chi connectivity index (χ0) is 19.7. The lowest BCUT2D eigenvalue weighted by molar-refractivity contribution is -0.137. The van der Waals surface area contributed by atoms with Crippen LogP contribution in [0.3, 0.4) is 0 Å². The first kappa shape index (κ1) is 18.7. The fourth-order valence-electron chi connectivity index (χ4n) is 3.44. The smallest absolute Gasteiger partial charge is 0.417 e. The molecule has 0 unspecified atom stereocenters. The summed E-state index contributed by atoms with van der Waals surface area (Å²) in [5.74, 6) is 1.87. The molecule has 1 fully saturated rings. The number of fused-ring (bicyclic) bond motifs is 1. The molecule has 0 aliphatic carbocycles. The molecule has 2 aliphatic heterocycles. The van der Waals surface area contributed by atoms with Gasteiger partial charge in [-0.05, 0) is 24.6 Å². The van der Waals surface area contributed by atoms with Crippen molar-refractivity contribution >= 4 is 5.82 Å². The van der Waals surface area contributed by atoms with E-state index in [-0.39, 0.29) is 12.5 Å². The maximum absolute atomic E-state index is 12.7. The summed E-state index contributed by atoms with van der Waals surface area (Å²) in [6.45, 7) is 3.57. The number of alkyl halides is 3. The molecule has 0 spiro atoms. The van der Waals surface area contributed by atoms with Gasteiger partial charge in [0.2, 0.25) is 6.79 Å². The molecule has 4 rings (SSSR count). The van der Waals surface area contributed by atoms with E-state index in [9.17, 15) is 18.3 Å². The number of hydrogen-bond acceptors (Lipinski definition) is 6. The topological polar surface area (TPSA) is 58.1 Å². The van der Waals surface area contributed by atoms with Gasteiger partial charge in [0, 0.05) is 50.6 Å². The summed E-state index contributed by atoms with van der Waals surface area (Å²) in [6, 6.07) is 5.84. The van der Waals surface area contributed by atoms with Crippen molar-refractivity contribution in [2.45, 2.75) is 19.1 Å². The van der Waals surface area contributed by atoms with E-state index in [0.29, 0.717) is 43.5 Å². The molecule has 28 heavy (non-hydrogen) atoms. The average molecular weight is 395 g/mol. The Morgan fingerprint density at radius 3 is 2.54 bits per heavy atom. The van der Waals surface area contributed by atoms with Crippen LogP contribution in [-0.2, 0) is 12.7 Å². The molecular weight excluding hydrogens is 375 g/mol.